The van der Waals surface area contributed by atoms with E-state index >= 15 is 0 Å². The summed E-state index contributed by atoms with van der Waals surface area (Å²) in [7, 11) is 0. The fourth-order valence-electron chi connectivity index (χ4n) is 1.30. The second kappa shape index (κ2) is 2.75. The van der Waals surface area contributed by atoms with Gasteiger partial charge in [0.25, 0.3) is 0 Å². The molecule has 1 aromatic carbocycles. The van der Waals surface area contributed by atoms with E-state index in [1.807, 2.05) is 6.07 Å². The average molecular weight is 142 g/mol. The molecule has 0 spiro atoms. The van der Waals surface area contributed by atoms with Crippen molar-refractivity contribution in [1.82, 2.24) is 0 Å². The largest absolute Gasteiger partial charge is 0.0801 e. The van der Waals surface area contributed by atoms with Crippen molar-refractivity contribution >= 4 is 5.57 Å². The molecule has 1 aliphatic rings. The minimum Gasteiger partial charge on any atom is -0.0801 e. The van der Waals surface area contributed by atoms with Gasteiger partial charge in [-0.2, -0.15) is 0 Å². The van der Waals surface area contributed by atoms with Crippen molar-refractivity contribution in [1.29, 1.82) is 0 Å². The summed E-state index contributed by atoms with van der Waals surface area (Å²) in [5.74, 6) is 0. The quantitative estimate of drug-likeness (QED) is 0.565. The van der Waals surface area contributed by atoms with Crippen molar-refractivity contribution < 1.29 is 0 Å². The number of hydrogen-bond donors (Lipinski definition) is 0. The highest BCUT2D eigenvalue weighted by molar-refractivity contribution is 5.76. The van der Waals surface area contributed by atoms with Crippen molar-refractivity contribution in [3.05, 3.63) is 54.1 Å². The first kappa shape index (κ1) is 6.41. The zero-order valence-electron chi connectivity index (χ0n) is 6.33. The molecular weight excluding hydrogens is 132 g/mol. The Bertz CT molecular complexity index is 291. The van der Waals surface area contributed by atoms with Crippen molar-refractivity contribution in [3.8, 4) is 0 Å². The zero-order valence-corrected chi connectivity index (χ0v) is 6.33. The molecule has 0 heteroatoms. The Balaban J connectivity index is 2.37. The van der Waals surface area contributed by atoms with Crippen LogP contribution < -0.4 is 0 Å². The molecule has 0 nitrogen and oxygen atoms in total. The van der Waals surface area contributed by atoms with Crippen molar-refractivity contribution in [2.24, 2.45) is 0 Å². The minimum absolute atomic E-state index is 1.09. The summed E-state index contributed by atoms with van der Waals surface area (Å²) in [5.41, 5.74) is 2.67. The highest BCUT2D eigenvalue weighted by atomic mass is 14.0. The first-order valence-corrected chi connectivity index (χ1v) is 3.89. The van der Waals surface area contributed by atoms with E-state index < -0.39 is 0 Å². The lowest BCUT2D eigenvalue weighted by Crippen LogP contribution is -1.75. The molecule has 0 radical (unpaired) electrons. The highest BCUT2D eigenvalue weighted by Crippen LogP contribution is 2.20. The molecule has 0 unspecified atom stereocenters. The Labute approximate surface area is 66.9 Å². The smallest absolute Gasteiger partial charge is 0.0157 e. The topological polar surface area (TPSA) is 0 Å². The van der Waals surface area contributed by atoms with E-state index in [2.05, 4.69) is 42.5 Å². The fourth-order valence-corrected chi connectivity index (χ4v) is 1.30. The number of allylic oxidation sites excluding steroid dienone is 4. The van der Waals surface area contributed by atoms with Crippen LogP contribution in [0.15, 0.2) is 48.6 Å². The second-order valence-corrected chi connectivity index (χ2v) is 2.66. The molecule has 0 N–H and O–H groups in total. The van der Waals surface area contributed by atoms with Gasteiger partial charge in [-0.25, -0.2) is 0 Å². The normalized spacial score (nSPS) is 15.1. The summed E-state index contributed by atoms with van der Waals surface area (Å²) < 4.78 is 0. The van der Waals surface area contributed by atoms with E-state index in [0.717, 1.165) is 6.42 Å². The Kier molecular flexibility index (Phi) is 1.60. The molecule has 0 atom stereocenters. The van der Waals surface area contributed by atoms with Gasteiger partial charge in [0.05, 0.1) is 0 Å². The van der Waals surface area contributed by atoms with E-state index in [-0.39, 0.29) is 0 Å². The summed E-state index contributed by atoms with van der Waals surface area (Å²) >= 11 is 0. The van der Waals surface area contributed by atoms with E-state index in [0.29, 0.717) is 0 Å². The first-order chi connectivity index (χ1) is 5.47. The van der Waals surface area contributed by atoms with Gasteiger partial charge in [-0.1, -0.05) is 48.6 Å². The Morgan fingerprint density at radius 2 is 1.82 bits per heavy atom. The van der Waals surface area contributed by atoms with Gasteiger partial charge >= 0.3 is 0 Å². The molecule has 54 valence electrons. The Morgan fingerprint density at radius 3 is 2.45 bits per heavy atom. The van der Waals surface area contributed by atoms with Crippen LogP contribution in [0.3, 0.4) is 0 Å². The average Bonchev–Trinajstić information content (AvgIpc) is 2.58. The number of benzene rings is 1. The molecule has 0 heterocycles. The van der Waals surface area contributed by atoms with Crippen LogP contribution in [0.2, 0.25) is 0 Å². The molecule has 1 aliphatic carbocycles. The number of rotatable bonds is 1. The molecule has 0 bridgehead atoms. The molecule has 0 saturated heterocycles. The Morgan fingerprint density at radius 1 is 1.00 bits per heavy atom. The fraction of sp³-hybridized carbons (Fsp3) is 0.0909. The summed E-state index contributed by atoms with van der Waals surface area (Å²) in [4.78, 5) is 0. The van der Waals surface area contributed by atoms with E-state index in [4.69, 9.17) is 0 Å². The molecule has 0 aromatic heterocycles. The van der Waals surface area contributed by atoms with Gasteiger partial charge < -0.3 is 0 Å². The summed E-state index contributed by atoms with van der Waals surface area (Å²) in [6.45, 7) is 0. The van der Waals surface area contributed by atoms with Crippen LogP contribution in [0.4, 0.5) is 0 Å². The van der Waals surface area contributed by atoms with Gasteiger partial charge in [-0.3, -0.25) is 0 Å². The summed E-state index contributed by atoms with van der Waals surface area (Å²) in [6.07, 6.45) is 7.69. The second-order valence-electron chi connectivity index (χ2n) is 2.66. The van der Waals surface area contributed by atoms with Gasteiger partial charge in [0.2, 0.25) is 0 Å². The maximum absolute atomic E-state index is 2.25. The van der Waals surface area contributed by atoms with Crippen LogP contribution in [-0.2, 0) is 0 Å². The maximum Gasteiger partial charge on any atom is -0.0157 e. The lowest BCUT2D eigenvalue weighted by atomic mass is 10.1. The summed E-state index contributed by atoms with van der Waals surface area (Å²) in [5, 5.41) is 0. The van der Waals surface area contributed by atoms with E-state index in [9.17, 15) is 0 Å². The van der Waals surface area contributed by atoms with Gasteiger partial charge in [0.15, 0.2) is 0 Å². The SMILES string of the molecule is C1=CC(c2ccccc2)=CC1. The predicted molar refractivity (Wildman–Crippen MR) is 48.2 cm³/mol. The third-order valence-electron chi connectivity index (χ3n) is 1.88. The number of hydrogen-bond acceptors (Lipinski definition) is 0. The first-order valence-electron chi connectivity index (χ1n) is 3.89. The minimum atomic E-state index is 1.09. The van der Waals surface area contributed by atoms with Crippen LogP contribution in [0.5, 0.6) is 0 Å². The molecule has 11 heavy (non-hydrogen) atoms. The van der Waals surface area contributed by atoms with Gasteiger partial charge in [0, 0.05) is 0 Å². The van der Waals surface area contributed by atoms with Gasteiger partial charge in [0.1, 0.15) is 0 Å². The molecule has 0 fully saturated rings. The molecule has 0 amide bonds. The van der Waals surface area contributed by atoms with Crippen molar-refractivity contribution in [3.63, 3.8) is 0 Å². The van der Waals surface area contributed by atoms with Gasteiger partial charge in [-0.05, 0) is 17.6 Å². The third-order valence-corrected chi connectivity index (χ3v) is 1.88. The monoisotopic (exact) mass is 142 g/mol. The van der Waals surface area contributed by atoms with Crippen molar-refractivity contribution in [2.75, 3.05) is 0 Å². The Hall–Kier alpha value is -1.30. The molecule has 1 aromatic rings. The lowest BCUT2D eigenvalue weighted by Gasteiger charge is -1.96. The standard InChI is InChI=1S/C11H10/c1-2-6-10(7-3-1)11-8-4-5-9-11/h1-4,6-9H,5H2. The van der Waals surface area contributed by atoms with Crippen LogP contribution in [0.25, 0.3) is 5.57 Å². The van der Waals surface area contributed by atoms with Crippen LogP contribution in [-0.4, -0.2) is 0 Å². The van der Waals surface area contributed by atoms with Crippen LogP contribution >= 0.6 is 0 Å². The van der Waals surface area contributed by atoms with Crippen molar-refractivity contribution in [2.45, 2.75) is 6.42 Å². The van der Waals surface area contributed by atoms with Crippen LogP contribution in [0, 0.1) is 0 Å². The summed E-state index contributed by atoms with van der Waals surface area (Å²) in [6, 6.07) is 10.5. The molecular formula is C11H10. The maximum atomic E-state index is 2.25. The molecule has 0 saturated carbocycles. The van der Waals surface area contributed by atoms with E-state index in [1.54, 1.807) is 0 Å². The highest BCUT2D eigenvalue weighted by Gasteiger charge is 1.98. The zero-order chi connectivity index (χ0) is 7.52. The third kappa shape index (κ3) is 1.25. The van der Waals surface area contributed by atoms with E-state index in [1.165, 1.54) is 11.1 Å². The molecule has 0 aliphatic heterocycles. The lowest BCUT2D eigenvalue weighted by molar-refractivity contribution is 1.45. The van der Waals surface area contributed by atoms with Crippen LogP contribution in [0.1, 0.15) is 12.0 Å². The molecule has 2 rings (SSSR count). The predicted octanol–water partition coefficient (Wildman–Crippen LogP) is 3.03. The van der Waals surface area contributed by atoms with Gasteiger partial charge in [-0.15, -0.1) is 0 Å².